The predicted molar refractivity (Wildman–Crippen MR) is 112 cm³/mol. The van der Waals surface area contributed by atoms with Crippen LogP contribution in [0.3, 0.4) is 0 Å². The van der Waals surface area contributed by atoms with Gasteiger partial charge in [0.05, 0.1) is 22.7 Å². The topological polar surface area (TPSA) is 67.4 Å². The van der Waals surface area contributed by atoms with Crippen LogP contribution >= 0.6 is 23.2 Å². The Morgan fingerprint density at radius 1 is 0.800 bits per heavy atom. The summed E-state index contributed by atoms with van der Waals surface area (Å²) in [5, 5.41) is 4.86. The zero-order chi connectivity index (χ0) is 21.8. The summed E-state index contributed by atoms with van der Waals surface area (Å²) in [4.78, 5) is 25.2. The molecule has 30 heavy (non-hydrogen) atoms. The molecule has 0 atom stereocenters. The van der Waals surface area contributed by atoms with Gasteiger partial charge >= 0.3 is 0 Å². The first kappa shape index (κ1) is 21.5. The van der Waals surface area contributed by atoms with E-state index in [0.29, 0.717) is 0 Å². The van der Waals surface area contributed by atoms with Crippen molar-refractivity contribution < 1.29 is 23.1 Å². The smallest absolute Gasteiger partial charge is 0.259 e. The Kier molecular flexibility index (Phi) is 6.54. The van der Waals surface area contributed by atoms with Gasteiger partial charge in [-0.3, -0.25) is 9.59 Å². The van der Waals surface area contributed by atoms with Crippen molar-refractivity contribution in [3.8, 4) is 5.75 Å². The van der Waals surface area contributed by atoms with Crippen LogP contribution in [0.2, 0.25) is 10.0 Å². The van der Waals surface area contributed by atoms with Crippen LogP contribution in [0, 0.1) is 11.6 Å². The summed E-state index contributed by atoms with van der Waals surface area (Å²) in [6.07, 6.45) is 0. The molecule has 154 valence electrons. The zero-order valence-corrected chi connectivity index (χ0v) is 16.9. The van der Waals surface area contributed by atoms with Crippen LogP contribution in [0.25, 0.3) is 0 Å². The standard InChI is InChI=1S/C21H14Cl2F2N2O3/c1-30-19-7-2-11(20(28)26-12-3-5-17(24)15(22)9-12)8-14(19)21(29)27-13-4-6-18(25)16(23)10-13/h2-10H,1H3,(H,26,28)(H,27,29). The molecule has 0 fully saturated rings. The Balaban J connectivity index is 1.84. The second-order valence-corrected chi connectivity index (χ2v) is 6.90. The van der Waals surface area contributed by atoms with Crippen molar-refractivity contribution in [1.82, 2.24) is 0 Å². The molecule has 0 aromatic heterocycles. The molecule has 9 heteroatoms. The Morgan fingerprint density at radius 2 is 1.33 bits per heavy atom. The Morgan fingerprint density at radius 3 is 1.83 bits per heavy atom. The maximum Gasteiger partial charge on any atom is 0.259 e. The summed E-state index contributed by atoms with van der Waals surface area (Å²) < 4.78 is 31.8. The number of methoxy groups -OCH3 is 1. The molecule has 5 nitrogen and oxygen atoms in total. The molecular weight excluding hydrogens is 437 g/mol. The van der Waals surface area contributed by atoms with Gasteiger partial charge < -0.3 is 15.4 Å². The fraction of sp³-hybridized carbons (Fsp3) is 0.0476. The van der Waals surface area contributed by atoms with Gasteiger partial charge in [-0.15, -0.1) is 0 Å². The van der Waals surface area contributed by atoms with E-state index in [0.717, 1.165) is 12.1 Å². The first-order valence-corrected chi connectivity index (χ1v) is 9.25. The first-order chi connectivity index (χ1) is 14.3. The molecule has 2 N–H and O–H groups in total. The quantitative estimate of drug-likeness (QED) is 0.517. The van der Waals surface area contributed by atoms with Gasteiger partial charge in [-0.2, -0.15) is 0 Å². The van der Waals surface area contributed by atoms with E-state index in [9.17, 15) is 18.4 Å². The third-order valence-electron chi connectivity index (χ3n) is 4.06. The van der Waals surface area contributed by atoms with E-state index in [2.05, 4.69) is 10.6 Å². The van der Waals surface area contributed by atoms with Gasteiger partial charge in [0, 0.05) is 16.9 Å². The van der Waals surface area contributed by atoms with Crippen molar-refractivity contribution in [3.05, 3.63) is 87.4 Å². The normalized spacial score (nSPS) is 10.4. The first-order valence-electron chi connectivity index (χ1n) is 8.49. The van der Waals surface area contributed by atoms with Crippen molar-refractivity contribution in [3.63, 3.8) is 0 Å². The molecule has 3 aromatic rings. The van der Waals surface area contributed by atoms with Crippen LogP contribution in [0.4, 0.5) is 20.2 Å². The number of hydrogen-bond acceptors (Lipinski definition) is 3. The van der Waals surface area contributed by atoms with Crippen LogP contribution in [0.1, 0.15) is 20.7 Å². The predicted octanol–water partition coefficient (Wildman–Crippen LogP) is 5.78. The van der Waals surface area contributed by atoms with E-state index in [1.165, 1.54) is 49.6 Å². The number of nitrogens with one attached hydrogen (secondary N) is 2. The van der Waals surface area contributed by atoms with Crippen molar-refractivity contribution in [2.24, 2.45) is 0 Å². The van der Waals surface area contributed by atoms with Crippen molar-refractivity contribution in [2.75, 3.05) is 17.7 Å². The Bertz CT molecular complexity index is 1140. The highest BCUT2D eigenvalue weighted by Crippen LogP contribution is 2.25. The van der Waals surface area contributed by atoms with Crippen LogP contribution < -0.4 is 15.4 Å². The van der Waals surface area contributed by atoms with Crippen LogP contribution in [-0.4, -0.2) is 18.9 Å². The largest absolute Gasteiger partial charge is 0.496 e. The van der Waals surface area contributed by atoms with Gasteiger partial charge in [-0.1, -0.05) is 23.2 Å². The van der Waals surface area contributed by atoms with Crippen molar-refractivity contribution in [1.29, 1.82) is 0 Å². The minimum absolute atomic E-state index is 0.0720. The van der Waals surface area contributed by atoms with Gasteiger partial charge in [0.15, 0.2) is 0 Å². The van der Waals surface area contributed by atoms with Crippen LogP contribution in [-0.2, 0) is 0 Å². The summed E-state index contributed by atoms with van der Waals surface area (Å²) in [5.41, 5.74) is 0.778. The molecule has 0 spiro atoms. The number of ether oxygens (including phenoxy) is 1. The lowest BCUT2D eigenvalue weighted by molar-refractivity contribution is 0.102. The molecule has 0 saturated carbocycles. The third kappa shape index (κ3) is 4.87. The maximum absolute atomic E-state index is 13.3. The average molecular weight is 451 g/mol. The highest BCUT2D eigenvalue weighted by molar-refractivity contribution is 6.31. The average Bonchev–Trinajstić information content (AvgIpc) is 2.73. The number of hydrogen-bond donors (Lipinski definition) is 2. The summed E-state index contributed by atoms with van der Waals surface area (Å²) in [6.45, 7) is 0. The van der Waals surface area contributed by atoms with Gasteiger partial charge in [-0.05, 0) is 54.6 Å². The monoisotopic (exact) mass is 450 g/mol. The summed E-state index contributed by atoms with van der Waals surface area (Å²) >= 11 is 11.4. The third-order valence-corrected chi connectivity index (χ3v) is 4.64. The highest BCUT2D eigenvalue weighted by atomic mass is 35.5. The SMILES string of the molecule is COc1ccc(C(=O)Nc2ccc(F)c(Cl)c2)cc1C(=O)Nc1ccc(F)c(Cl)c1. The van der Waals surface area contributed by atoms with Crippen molar-refractivity contribution >= 4 is 46.4 Å². The van der Waals surface area contributed by atoms with Crippen LogP contribution in [0.15, 0.2) is 54.6 Å². The van der Waals surface area contributed by atoms with Gasteiger partial charge in [0.2, 0.25) is 0 Å². The van der Waals surface area contributed by atoms with E-state index in [-0.39, 0.29) is 38.3 Å². The van der Waals surface area contributed by atoms with E-state index < -0.39 is 23.4 Å². The molecule has 3 aromatic carbocycles. The number of benzene rings is 3. The van der Waals surface area contributed by atoms with Gasteiger partial charge in [0.1, 0.15) is 17.4 Å². The molecule has 0 aliphatic rings. The van der Waals surface area contributed by atoms with E-state index >= 15 is 0 Å². The zero-order valence-electron chi connectivity index (χ0n) is 15.4. The minimum atomic E-state index is -0.619. The molecule has 0 heterocycles. The molecule has 3 rings (SSSR count). The molecule has 0 bridgehead atoms. The number of anilines is 2. The van der Waals surface area contributed by atoms with Gasteiger partial charge in [0.25, 0.3) is 11.8 Å². The number of halogens is 4. The van der Waals surface area contributed by atoms with Crippen molar-refractivity contribution in [2.45, 2.75) is 0 Å². The molecule has 2 amide bonds. The van der Waals surface area contributed by atoms with E-state index in [1.54, 1.807) is 0 Å². The fourth-order valence-electron chi connectivity index (χ4n) is 2.58. The van der Waals surface area contributed by atoms with E-state index in [4.69, 9.17) is 27.9 Å². The lowest BCUT2D eigenvalue weighted by atomic mass is 10.1. The Hall–Kier alpha value is -3.16. The number of amides is 2. The summed E-state index contributed by atoms with van der Waals surface area (Å²) in [5.74, 6) is -2.14. The number of rotatable bonds is 5. The number of carbonyl (C=O) groups excluding carboxylic acids is 2. The summed E-state index contributed by atoms with van der Waals surface area (Å²) in [6, 6.07) is 11.7. The Labute approximate surface area is 180 Å². The maximum atomic E-state index is 13.3. The molecular formula is C21H14Cl2F2N2O3. The minimum Gasteiger partial charge on any atom is -0.496 e. The van der Waals surface area contributed by atoms with E-state index in [1.807, 2.05) is 0 Å². The highest BCUT2D eigenvalue weighted by Gasteiger charge is 2.17. The molecule has 0 saturated heterocycles. The number of carbonyl (C=O) groups is 2. The molecule has 0 unspecified atom stereocenters. The molecule has 0 aliphatic heterocycles. The second kappa shape index (κ2) is 9.11. The lowest BCUT2D eigenvalue weighted by Crippen LogP contribution is -2.16. The van der Waals surface area contributed by atoms with Crippen LogP contribution in [0.5, 0.6) is 5.75 Å². The molecule has 0 radical (unpaired) electrons. The summed E-state index contributed by atoms with van der Waals surface area (Å²) in [7, 11) is 1.38. The lowest BCUT2D eigenvalue weighted by Gasteiger charge is -2.12. The van der Waals surface area contributed by atoms with Gasteiger partial charge in [-0.25, -0.2) is 8.78 Å². The molecule has 0 aliphatic carbocycles. The second-order valence-electron chi connectivity index (χ2n) is 6.08. The fourth-order valence-corrected chi connectivity index (χ4v) is 2.94.